The van der Waals surface area contributed by atoms with Crippen LogP contribution in [0.2, 0.25) is 0 Å². The molecule has 0 aliphatic carbocycles. The van der Waals surface area contributed by atoms with Crippen LogP contribution in [0, 0.1) is 20.8 Å². The molecule has 0 aromatic heterocycles. The second kappa shape index (κ2) is 6.65. The number of rotatable bonds is 5. The molecule has 2 aromatic rings. The third-order valence-corrected chi connectivity index (χ3v) is 3.91. The summed E-state index contributed by atoms with van der Waals surface area (Å²) in [4.78, 5) is 12.8. The number of carbonyl (C=O) groups is 1. The summed E-state index contributed by atoms with van der Waals surface area (Å²) >= 11 is 0. The number of nitrogen functional groups attached to an aromatic ring is 1. The van der Waals surface area contributed by atoms with E-state index in [0.29, 0.717) is 17.9 Å². The van der Waals surface area contributed by atoms with Crippen LogP contribution in [0.1, 0.15) is 40.4 Å². The molecule has 0 aliphatic heterocycles. The Bertz CT molecular complexity index is 692. The lowest BCUT2D eigenvalue weighted by Gasteiger charge is -2.18. The van der Waals surface area contributed by atoms with Crippen molar-refractivity contribution < 1.29 is 9.53 Å². The van der Waals surface area contributed by atoms with Crippen LogP contribution >= 0.6 is 0 Å². The van der Waals surface area contributed by atoms with E-state index in [1.165, 1.54) is 5.56 Å². The van der Waals surface area contributed by atoms with Crippen molar-refractivity contribution in [3.63, 3.8) is 0 Å². The maximum atomic E-state index is 12.8. The van der Waals surface area contributed by atoms with Crippen molar-refractivity contribution in [2.24, 2.45) is 0 Å². The number of benzene rings is 2. The molecule has 2 rings (SSSR count). The number of nitrogens with two attached hydrogens (primary N) is 1. The number of ketones is 1. The molecule has 0 fully saturated rings. The topological polar surface area (TPSA) is 52.3 Å². The Balaban J connectivity index is 2.27. The van der Waals surface area contributed by atoms with Crippen LogP contribution in [0.15, 0.2) is 36.4 Å². The van der Waals surface area contributed by atoms with Crippen LogP contribution in [-0.2, 0) is 0 Å². The quantitative estimate of drug-likeness (QED) is 0.663. The Morgan fingerprint density at radius 1 is 1.09 bits per heavy atom. The number of aryl methyl sites for hydroxylation is 3. The fourth-order valence-corrected chi connectivity index (χ4v) is 2.47. The van der Waals surface area contributed by atoms with E-state index in [-0.39, 0.29) is 5.78 Å². The van der Waals surface area contributed by atoms with Gasteiger partial charge in [0.1, 0.15) is 5.75 Å². The minimum absolute atomic E-state index is 0.0190. The van der Waals surface area contributed by atoms with Gasteiger partial charge in [-0.2, -0.15) is 0 Å². The van der Waals surface area contributed by atoms with Gasteiger partial charge in [0.05, 0.1) is 0 Å². The molecule has 116 valence electrons. The summed E-state index contributed by atoms with van der Waals surface area (Å²) in [5, 5.41) is 0. The van der Waals surface area contributed by atoms with E-state index in [1.807, 2.05) is 39.0 Å². The molecule has 0 aliphatic rings. The Morgan fingerprint density at radius 3 is 2.41 bits per heavy atom. The number of Topliss-reactive ketones (excluding diaryl/α,β-unsaturated/α-hetero) is 1. The van der Waals surface area contributed by atoms with Gasteiger partial charge in [-0.1, -0.05) is 19.1 Å². The van der Waals surface area contributed by atoms with Gasteiger partial charge in [0, 0.05) is 17.3 Å². The summed E-state index contributed by atoms with van der Waals surface area (Å²) in [6.07, 6.45) is 0.114. The van der Waals surface area contributed by atoms with Crippen LogP contribution in [0.4, 0.5) is 5.69 Å². The van der Waals surface area contributed by atoms with Crippen LogP contribution in [0.25, 0.3) is 0 Å². The van der Waals surface area contributed by atoms with Gasteiger partial charge >= 0.3 is 0 Å². The fourth-order valence-electron chi connectivity index (χ4n) is 2.47. The van der Waals surface area contributed by atoms with Gasteiger partial charge in [0.25, 0.3) is 0 Å². The molecule has 0 saturated heterocycles. The molecule has 3 nitrogen and oxygen atoms in total. The standard InChI is InChI=1S/C19H23NO2/c1-5-18(22-16-8-6-7-15(20)11-16)19(21)17-10-13(3)12(2)9-14(17)4/h6-11,18H,5,20H2,1-4H3. The molecule has 1 atom stereocenters. The van der Waals surface area contributed by atoms with Gasteiger partial charge in [0.2, 0.25) is 5.78 Å². The first-order valence-electron chi connectivity index (χ1n) is 7.56. The van der Waals surface area contributed by atoms with Crippen molar-refractivity contribution in [1.29, 1.82) is 0 Å². The molecule has 0 heterocycles. The van der Waals surface area contributed by atoms with E-state index in [1.54, 1.807) is 12.1 Å². The zero-order valence-corrected chi connectivity index (χ0v) is 13.6. The smallest absolute Gasteiger partial charge is 0.203 e. The maximum absolute atomic E-state index is 12.8. The van der Waals surface area contributed by atoms with Gasteiger partial charge in [-0.05, 0) is 62.1 Å². The van der Waals surface area contributed by atoms with Gasteiger partial charge in [0.15, 0.2) is 6.10 Å². The van der Waals surface area contributed by atoms with Crippen molar-refractivity contribution in [2.45, 2.75) is 40.2 Å². The lowest BCUT2D eigenvalue weighted by molar-refractivity contribution is 0.0786. The van der Waals surface area contributed by atoms with E-state index in [2.05, 4.69) is 13.0 Å². The molecule has 0 bridgehead atoms. The number of hydrogen-bond acceptors (Lipinski definition) is 3. The normalized spacial score (nSPS) is 12.0. The summed E-state index contributed by atoms with van der Waals surface area (Å²) in [5.74, 6) is 0.646. The summed E-state index contributed by atoms with van der Waals surface area (Å²) in [6.45, 7) is 7.99. The second-order valence-corrected chi connectivity index (χ2v) is 5.70. The van der Waals surface area contributed by atoms with E-state index >= 15 is 0 Å². The summed E-state index contributed by atoms with van der Waals surface area (Å²) in [6, 6.07) is 11.2. The molecule has 22 heavy (non-hydrogen) atoms. The predicted molar refractivity (Wildman–Crippen MR) is 90.5 cm³/mol. The molecular weight excluding hydrogens is 274 g/mol. The minimum Gasteiger partial charge on any atom is -0.482 e. The summed E-state index contributed by atoms with van der Waals surface area (Å²) in [5.41, 5.74) is 10.4. The Hall–Kier alpha value is -2.29. The highest BCUT2D eigenvalue weighted by Crippen LogP contribution is 2.22. The fraction of sp³-hybridized carbons (Fsp3) is 0.316. The second-order valence-electron chi connectivity index (χ2n) is 5.70. The average molecular weight is 297 g/mol. The highest BCUT2D eigenvalue weighted by molar-refractivity contribution is 6.01. The average Bonchev–Trinajstić information content (AvgIpc) is 2.48. The number of ether oxygens (including phenoxy) is 1. The monoisotopic (exact) mass is 297 g/mol. The summed E-state index contributed by atoms with van der Waals surface area (Å²) < 4.78 is 5.86. The van der Waals surface area contributed by atoms with Crippen molar-refractivity contribution in [3.05, 3.63) is 58.7 Å². The van der Waals surface area contributed by atoms with Crippen LogP contribution in [0.3, 0.4) is 0 Å². The van der Waals surface area contributed by atoms with Crippen LogP contribution in [-0.4, -0.2) is 11.9 Å². The predicted octanol–water partition coefficient (Wildman–Crippen LogP) is 4.23. The Kier molecular flexibility index (Phi) is 4.86. The van der Waals surface area contributed by atoms with Crippen LogP contribution < -0.4 is 10.5 Å². The van der Waals surface area contributed by atoms with Crippen molar-refractivity contribution in [3.8, 4) is 5.75 Å². The van der Waals surface area contributed by atoms with Crippen LogP contribution in [0.5, 0.6) is 5.75 Å². The van der Waals surface area contributed by atoms with E-state index in [0.717, 1.165) is 16.7 Å². The summed E-state index contributed by atoms with van der Waals surface area (Å²) in [7, 11) is 0. The molecule has 0 saturated carbocycles. The van der Waals surface area contributed by atoms with Gasteiger partial charge in [-0.15, -0.1) is 0 Å². The lowest BCUT2D eigenvalue weighted by Crippen LogP contribution is -2.27. The molecule has 1 unspecified atom stereocenters. The molecule has 3 heteroatoms. The SMILES string of the molecule is CCC(Oc1cccc(N)c1)C(=O)c1cc(C)c(C)cc1C. The maximum Gasteiger partial charge on any atom is 0.203 e. The molecule has 2 N–H and O–H groups in total. The van der Waals surface area contributed by atoms with Gasteiger partial charge < -0.3 is 10.5 Å². The van der Waals surface area contributed by atoms with E-state index in [9.17, 15) is 4.79 Å². The third-order valence-electron chi connectivity index (χ3n) is 3.91. The van der Waals surface area contributed by atoms with E-state index < -0.39 is 6.10 Å². The Labute approximate surface area is 132 Å². The number of carbonyl (C=O) groups excluding carboxylic acids is 1. The minimum atomic E-state index is -0.498. The third kappa shape index (κ3) is 3.48. The van der Waals surface area contributed by atoms with Gasteiger partial charge in [-0.25, -0.2) is 0 Å². The molecule has 0 spiro atoms. The number of anilines is 1. The van der Waals surface area contributed by atoms with Crippen molar-refractivity contribution in [2.75, 3.05) is 5.73 Å². The largest absolute Gasteiger partial charge is 0.482 e. The van der Waals surface area contributed by atoms with Gasteiger partial charge in [-0.3, -0.25) is 4.79 Å². The number of hydrogen-bond donors (Lipinski definition) is 1. The highest BCUT2D eigenvalue weighted by atomic mass is 16.5. The first-order valence-corrected chi connectivity index (χ1v) is 7.56. The Morgan fingerprint density at radius 2 is 1.77 bits per heavy atom. The first-order chi connectivity index (χ1) is 10.4. The van der Waals surface area contributed by atoms with Crippen molar-refractivity contribution in [1.82, 2.24) is 0 Å². The molecule has 0 radical (unpaired) electrons. The lowest BCUT2D eigenvalue weighted by atomic mass is 9.95. The molecule has 0 amide bonds. The highest BCUT2D eigenvalue weighted by Gasteiger charge is 2.22. The molecule has 2 aromatic carbocycles. The van der Waals surface area contributed by atoms with E-state index in [4.69, 9.17) is 10.5 Å². The first kappa shape index (κ1) is 16.1. The zero-order valence-electron chi connectivity index (χ0n) is 13.6. The molecular formula is C19H23NO2. The van der Waals surface area contributed by atoms with Crippen molar-refractivity contribution >= 4 is 11.5 Å². The zero-order chi connectivity index (χ0) is 16.3.